The van der Waals surface area contributed by atoms with Gasteiger partial charge in [0, 0.05) is 12.5 Å². The molecule has 7 nitrogen and oxygen atoms in total. The van der Waals surface area contributed by atoms with E-state index in [4.69, 9.17) is 9.84 Å². The summed E-state index contributed by atoms with van der Waals surface area (Å²) in [6.45, 7) is -0.149. The van der Waals surface area contributed by atoms with Crippen molar-refractivity contribution in [2.45, 2.75) is 25.1 Å². The fourth-order valence-electron chi connectivity index (χ4n) is 3.57. The predicted octanol–water partition coefficient (Wildman–Crippen LogP) is 3.29. The minimum absolute atomic E-state index is 0.0984. The Morgan fingerprint density at radius 2 is 1.56 bits per heavy atom. The van der Waals surface area contributed by atoms with E-state index in [1.165, 1.54) is 0 Å². The number of carboxylic acid groups (broad SMARTS) is 1. The van der Waals surface area contributed by atoms with Crippen molar-refractivity contribution in [2.24, 2.45) is 5.92 Å². The highest BCUT2D eigenvalue weighted by Gasteiger charge is 2.45. The second-order valence-electron chi connectivity index (χ2n) is 7.37. The molecule has 1 unspecified atom stereocenters. The van der Waals surface area contributed by atoms with Crippen LogP contribution in [0.15, 0.2) is 48.5 Å². The Hall–Kier alpha value is -3.56. The number of benzene rings is 2. The molecule has 0 fully saturated rings. The van der Waals surface area contributed by atoms with E-state index in [1.807, 2.05) is 53.8 Å². The van der Waals surface area contributed by atoms with E-state index in [1.54, 1.807) is 5.32 Å². The Morgan fingerprint density at radius 3 is 2.06 bits per heavy atom. The van der Waals surface area contributed by atoms with Gasteiger partial charge in [-0.25, -0.2) is 4.79 Å². The largest absolute Gasteiger partial charge is 0.480 e. The molecule has 0 spiro atoms. The zero-order valence-corrected chi connectivity index (χ0v) is 17.0. The summed E-state index contributed by atoms with van der Waals surface area (Å²) in [6.07, 6.45) is -6.10. The summed E-state index contributed by atoms with van der Waals surface area (Å²) in [4.78, 5) is 34.7. The van der Waals surface area contributed by atoms with E-state index >= 15 is 0 Å². The van der Waals surface area contributed by atoms with Gasteiger partial charge in [0.05, 0.1) is 0 Å². The first-order valence-electron chi connectivity index (χ1n) is 9.78. The van der Waals surface area contributed by atoms with E-state index in [-0.39, 0.29) is 12.5 Å². The summed E-state index contributed by atoms with van der Waals surface area (Å²) in [5.74, 6) is -5.92. The lowest BCUT2D eigenvalue weighted by Crippen LogP contribution is -2.50. The number of rotatable bonds is 7. The van der Waals surface area contributed by atoms with Crippen molar-refractivity contribution in [3.05, 3.63) is 59.7 Å². The van der Waals surface area contributed by atoms with Crippen molar-refractivity contribution >= 4 is 18.0 Å². The predicted molar refractivity (Wildman–Crippen MR) is 108 cm³/mol. The molecule has 0 bridgehead atoms. The fraction of sp³-hybridized carbons (Fsp3) is 0.318. The van der Waals surface area contributed by atoms with Crippen LogP contribution in [-0.4, -0.2) is 48.4 Å². The lowest BCUT2D eigenvalue weighted by molar-refractivity contribution is -0.182. The molecule has 2 amide bonds. The molecule has 0 aliphatic heterocycles. The fourth-order valence-corrected chi connectivity index (χ4v) is 3.57. The summed E-state index contributed by atoms with van der Waals surface area (Å²) in [5, 5.41) is 12.5. The quantitative estimate of drug-likeness (QED) is 0.601. The van der Waals surface area contributed by atoms with E-state index in [9.17, 15) is 27.6 Å². The zero-order valence-electron chi connectivity index (χ0n) is 17.0. The van der Waals surface area contributed by atoms with Crippen molar-refractivity contribution in [3.8, 4) is 11.1 Å². The van der Waals surface area contributed by atoms with Crippen LogP contribution in [0.1, 0.15) is 24.0 Å². The van der Waals surface area contributed by atoms with Gasteiger partial charge in [0.25, 0.3) is 0 Å². The van der Waals surface area contributed by atoms with Crippen LogP contribution in [0.3, 0.4) is 0 Å². The standard InChI is InChI=1S/C22H21F3N2O5/c1-12(20(29)30)27-19(28)18(22(23,24)25)10-26-21(31)32-11-17-15-8-4-2-6-13(15)14-7-3-5-9-16(14)17/h2-9,12,17-18H,10-11H2,1H3,(H,26,31)(H,27,28)(H,29,30)/t12-,18?/m0/s1. The number of carbonyl (C=O) groups excluding carboxylic acids is 2. The van der Waals surface area contributed by atoms with Crippen LogP contribution < -0.4 is 10.6 Å². The maximum atomic E-state index is 13.2. The highest BCUT2D eigenvalue weighted by molar-refractivity contribution is 5.85. The van der Waals surface area contributed by atoms with Crippen molar-refractivity contribution in [2.75, 3.05) is 13.2 Å². The zero-order chi connectivity index (χ0) is 23.5. The Kier molecular flexibility index (Phi) is 6.71. The molecule has 2 atom stereocenters. The Morgan fingerprint density at radius 1 is 1.03 bits per heavy atom. The summed E-state index contributed by atoms with van der Waals surface area (Å²) < 4.78 is 44.9. The van der Waals surface area contributed by atoms with Crippen molar-refractivity contribution in [1.82, 2.24) is 10.6 Å². The number of alkyl halides is 3. The van der Waals surface area contributed by atoms with Crippen LogP contribution in [0.4, 0.5) is 18.0 Å². The van der Waals surface area contributed by atoms with Gasteiger partial charge in [0.2, 0.25) is 5.91 Å². The second kappa shape index (κ2) is 9.29. The second-order valence-corrected chi connectivity index (χ2v) is 7.37. The maximum Gasteiger partial charge on any atom is 0.407 e. The van der Waals surface area contributed by atoms with Gasteiger partial charge >= 0.3 is 18.2 Å². The number of carbonyl (C=O) groups is 3. The number of carboxylic acids is 1. The number of hydrogen-bond acceptors (Lipinski definition) is 4. The molecule has 32 heavy (non-hydrogen) atoms. The van der Waals surface area contributed by atoms with Crippen LogP contribution in [0.25, 0.3) is 11.1 Å². The molecule has 2 aromatic carbocycles. The summed E-state index contributed by atoms with van der Waals surface area (Å²) in [6, 6.07) is 13.6. The molecule has 10 heteroatoms. The molecule has 1 aliphatic carbocycles. The summed E-state index contributed by atoms with van der Waals surface area (Å²) in [5.41, 5.74) is 3.88. The third-order valence-electron chi connectivity index (χ3n) is 5.23. The molecule has 0 aromatic heterocycles. The monoisotopic (exact) mass is 450 g/mol. The van der Waals surface area contributed by atoms with Gasteiger partial charge in [-0.2, -0.15) is 13.2 Å². The van der Waals surface area contributed by atoms with Gasteiger partial charge < -0.3 is 20.5 Å². The minimum atomic E-state index is -4.99. The number of fused-ring (bicyclic) bond motifs is 3. The van der Waals surface area contributed by atoms with E-state index < -0.39 is 42.7 Å². The lowest BCUT2D eigenvalue weighted by atomic mass is 9.98. The molecule has 170 valence electrons. The third kappa shape index (κ3) is 5.01. The number of aliphatic carboxylic acids is 1. The lowest BCUT2D eigenvalue weighted by Gasteiger charge is -2.21. The van der Waals surface area contributed by atoms with Crippen molar-refractivity contribution in [1.29, 1.82) is 0 Å². The molecule has 0 saturated heterocycles. The van der Waals surface area contributed by atoms with E-state index in [0.29, 0.717) is 0 Å². The SMILES string of the molecule is C[C@H](NC(=O)C(CNC(=O)OCC1c2ccccc2-c2ccccc21)C(F)(F)F)C(=O)O. The van der Waals surface area contributed by atoms with Gasteiger partial charge in [0.1, 0.15) is 12.6 Å². The first-order chi connectivity index (χ1) is 15.1. The topological polar surface area (TPSA) is 105 Å². The number of ether oxygens (including phenoxy) is 1. The molecule has 0 heterocycles. The number of hydrogen-bond donors (Lipinski definition) is 3. The number of nitrogens with one attached hydrogen (secondary N) is 2. The molecular weight excluding hydrogens is 429 g/mol. The normalized spacial score (nSPS) is 14.6. The van der Waals surface area contributed by atoms with Gasteiger partial charge in [-0.05, 0) is 29.2 Å². The third-order valence-corrected chi connectivity index (χ3v) is 5.23. The Labute approximate surface area is 181 Å². The van der Waals surface area contributed by atoms with Gasteiger partial charge in [-0.3, -0.25) is 9.59 Å². The average Bonchev–Trinajstić information content (AvgIpc) is 3.05. The highest BCUT2D eigenvalue weighted by atomic mass is 19.4. The first kappa shape index (κ1) is 23.1. The smallest absolute Gasteiger partial charge is 0.407 e. The van der Waals surface area contributed by atoms with Gasteiger partial charge in [-0.1, -0.05) is 48.5 Å². The van der Waals surface area contributed by atoms with Crippen LogP contribution in [-0.2, 0) is 14.3 Å². The Bertz CT molecular complexity index is 979. The molecule has 3 rings (SSSR count). The van der Waals surface area contributed by atoms with Crippen molar-refractivity contribution < 1.29 is 37.4 Å². The average molecular weight is 450 g/mol. The van der Waals surface area contributed by atoms with Crippen LogP contribution in [0, 0.1) is 5.92 Å². The minimum Gasteiger partial charge on any atom is -0.480 e. The van der Waals surface area contributed by atoms with Crippen molar-refractivity contribution in [3.63, 3.8) is 0 Å². The van der Waals surface area contributed by atoms with Gasteiger partial charge in [0.15, 0.2) is 5.92 Å². The number of amides is 2. The van der Waals surface area contributed by atoms with E-state index in [2.05, 4.69) is 0 Å². The highest BCUT2D eigenvalue weighted by Crippen LogP contribution is 2.44. The molecule has 0 saturated carbocycles. The Balaban J connectivity index is 1.62. The molecular formula is C22H21F3N2O5. The molecule has 3 N–H and O–H groups in total. The first-order valence-corrected chi connectivity index (χ1v) is 9.78. The van der Waals surface area contributed by atoms with Crippen LogP contribution in [0.5, 0.6) is 0 Å². The van der Waals surface area contributed by atoms with Gasteiger partial charge in [-0.15, -0.1) is 0 Å². The molecule has 1 aliphatic rings. The summed E-state index contributed by atoms with van der Waals surface area (Å²) in [7, 11) is 0. The van der Waals surface area contributed by atoms with E-state index in [0.717, 1.165) is 29.2 Å². The van der Waals surface area contributed by atoms with Crippen LogP contribution in [0.2, 0.25) is 0 Å². The number of alkyl carbamates (subject to hydrolysis) is 1. The number of halogens is 3. The van der Waals surface area contributed by atoms with Crippen LogP contribution >= 0.6 is 0 Å². The molecule has 2 aromatic rings. The summed E-state index contributed by atoms with van der Waals surface area (Å²) >= 11 is 0. The molecule has 0 radical (unpaired) electrons. The maximum absolute atomic E-state index is 13.2.